The fraction of sp³-hybridized carbons (Fsp3) is 0.778. The lowest BCUT2D eigenvalue weighted by molar-refractivity contribution is -0.137. The SMILES string of the molecule is CCCCCCCCCC(=O)C=CCCCCCC(=O)O. The number of aliphatic carboxylic acids is 1. The molecule has 122 valence electrons. The predicted octanol–water partition coefficient (Wildman–Crippen LogP) is 5.29. The van der Waals surface area contributed by atoms with E-state index in [0.717, 1.165) is 32.1 Å². The molecule has 0 amide bonds. The van der Waals surface area contributed by atoms with E-state index in [1.54, 1.807) is 6.08 Å². The van der Waals surface area contributed by atoms with Crippen LogP contribution in [0, 0.1) is 0 Å². The predicted molar refractivity (Wildman–Crippen MR) is 87.5 cm³/mol. The molecule has 21 heavy (non-hydrogen) atoms. The maximum absolute atomic E-state index is 11.6. The Bertz CT molecular complexity index is 295. The lowest BCUT2D eigenvalue weighted by atomic mass is 10.1. The van der Waals surface area contributed by atoms with Gasteiger partial charge in [-0.1, -0.05) is 57.9 Å². The maximum atomic E-state index is 11.6. The van der Waals surface area contributed by atoms with E-state index < -0.39 is 5.97 Å². The molecule has 0 aromatic carbocycles. The van der Waals surface area contributed by atoms with Crippen molar-refractivity contribution in [1.29, 1.82) is 0 Å². The second-order valence-electron chi connectivity index (χ2n) is 5.73. The van der Waals surface area contributed by atoms with Crippen LogP contribution in [0.3, 0.4) is 0 Å². The van der Waals surface area contributed by atoms with Crippen LogP contribution in [0.2, 0.25) is 0 Å². The largest absolute Gasteiger partial charge is 0.481 e. The number of allylic oxidation sites excluding steroid dienone is 2. The van der Waals surface area contributed by atoms with Gasteiger partial charge in [-0.15, -0.1) is 0 Å². The van der Waals surface area contributed by atoms with Gasteiger partial charge in [0.15, 0.2) is 5.78 Å². The second-order valence-corrected chi connectivity index (χ2v) is 5.73. The molecule has 0 aliphatic rings. The molecule has 0 saturated heterocycles. The third-order valence-electron chi connectivity index (χ3n) is 3.59. The number of rotatable bonds is 15. The van der Waals surface area contributed by atoms with Gasteiger partial charge in [0.05, 0.1) is 0 Å². The molecule has 3 nitrogen and oxygen atoms in total. The van der Waals surface area contributed by atoms with Gasteiger partial charge in [-0.25, -0.2) is 0 Å². The Kier molecular flexibility index (Phi) is 14.5. The van der Waals surface area contributed by atoms with Crippen molar-refractivity contribution in [1.82, 2.24) is 0 Å². The van der Waals surface area contributed by atoms with Gasteiger partial charge in [0.2, 0.25) is 0 Å². The lowest BCUT2D eigenvalue weighted by Crippen LogP contribution is -1.93. The summed E-state index contributed by atoms with van der Waals surface area (Å²) in [5.74, 6) is -0.496. The quantitative estimate of drug-likeness (QED) is 0.330. The van der Waals surface area contributed by atoms with Gasteiger partial charge < -0.3 is 5.11 Å². The third-order valence-corrected chi connectivity index (χ3v) is 3.59. The van der Waals surface area contributed by atoms with Crippen LogP contribution in [0.5, 0.6) is 0 Å². The Morgan fingerprint density at radius 3 is 2.05 bits per heavy atom. The van der Waals surface area contributed by atoms with E-state index in [0.29, 0.717) is 6.42 Å². The molecule has 0 spiro atoms. The summed E-state index contributed by atoms with van der Waals surface area (Å²) in [5, 5.41) is 8.49. The van der Waals surface area contributed by atoms with E-state index >= 15 is 0 Å². The van der Waals surface area contributed by atoms with Crippen LogP contribution < -0.4 is 0 Å². The van der Waals surface area contributed by atoms with E-state index in [2.05, 4.69) is 6.92 Å². The molecule has 0 aromatic rings. The minimum atomic E-state index is -0.726. The number of unbranched alkanes of at least 4 members (excludes halogenated alkanes) is 9. The van der Waals surface area contributed by atoms with E-state index in [-0.39, 0.29) is 12.2 Å². The molecule has 0 radical (unpaired) electrons. The summed E-state index contributed by atoms with van der Waals surface area (Å²) in [6.07, 6.45) is 16.7. The van der Waals surface area contributed by atoms with Crippen LogP contribution >= 0.6 is 0 Å². The number of hydrogen-bond acceptors (Lipinski definition) is 2. The molecule has 0 saturated carbocycles. The van der Waals surface area contributed by atoms with Crippen molar-refractivity contribution >= 4 is 11.8 Å². The van der Waals surface area contributed by atoms with E-state index in [1.807, 2.05) is 6.08 Å². The first-order valence-electron chi connectivity index (χ1n) is 8.58. The maximum Gasteiger partial charge on any atom is 0.303 e. The monoisotopic (exact) mass is 296 g/mol. The van der Waals surface area contributed by atoms with E-state index in [4.69, 9.17) is 5.11 Å². The molecular weight excluding hydrogens is 264 g/mol. The Hall–Kier alpha value is -1.12. The Labute approximate surface area is 129 Å². The molecule has 0 bridgehead atoms. The van der Waals surface area contributed by atoms with Gasteiger partial charge in [0.1, 0.15) is 0 Å². The van der Waals surface area contributed by atoms with Crippen molar-refractivity contribution in [2.45, 2.75) is 90.4 Å². The highest BCUT2D eigenvalue weighted by atomic mass is 16.4. The molecule has 0 aromatic heterocycles. The highest BCUT2D eigenvalue weighted by Crippen LogP contribution is 2.09. The molecule has 1 N–H and O–H groups in total. The number of carbonyl (C=O) groups excluding carboxylic acids is 1. The molecule has 0 aliphatic heterocycles. The average molecular weight is 296 g/mol. The van der Waals surface area contributed by atoms with E-state index in [9.17, 15) is 9.59 Å². The minimum absolute atomic E-state index is 0.231. The fourth-order valence-corrected chi connectivity index (χ4v) is 2.27. The zero-order valence-electron chi connectivity index (χ0n) is 13.6. The van der Waals surface area contributed by atoms with Gasteiger partial charge in [-0.3, -0.25) is 9.59 Å². The lowest BCUT2D eigenvalue weighted by Gasteiger charge is -1.99. The molecule has 0 fully saturated rings. The van der Waals surface area contributed by atoms with Crippen LogP contribution in [0.1, 0.15) is 90.4 Å². The average Bonchev–Trinajstić information content (AvgIpc) is 2.45. The normalized spacial score (nSPS) is 11.1. The summed E-state index contributed by atoms with van der Waals surface area (Å²) in [6.45, 7) is 2.22. The van der Waals surface area contributed by atoms with Crippen LogP contribution in [0.4, 0.5) is 0 Å². The number of carboxylic acid groups (broad SMARTS) is 1. The fourth-order valence-electron chi connectivity index (χ4n) is 2.27. The van der Waals surface area contributed by atoms with E-state index in [1.165, 1.54) is 38.5 Å². The van der Waals surface area contributed by atoms with Gasteiger partial charge in [-0.2, -0.15) is 0 Å². The molecule has 0 atom stereocenters. The van der Waals surface area contributed by atoms with Gasteiger partial charge in [0.25, 0.3) is 0 Å². The van der Waals surface area contributed by atoms with Crippen molar-refractivity contribution in [3.05, 3.63) is 12.2 Å². The van der Waals surface area contributed by atoms with Gasteiger partial charge >= 0.3 is 5.97 Å². The van der Waals surface area contributed by atoms with Crippen molar-refractivity contribution in [3.8, 4) is 0 Å². The van der Waals surface area contributed by atoms with Crippen LogP contribution in [0.25, 0.3) is 0 Å². The summed E-state index contributed by atoms with van der Waals surface area (Å²) in [4.78, 5) is 21.9. The Balaban J connectivity index is 3.32. The summed E-state index contributed by atoms with van der Waals surface area (Å²) in [6, 6.07) is 0. The van der Waals surface area contributed by atoms with Gasteiger partial charge in [0, 0.05) is 12.8 Å². The Morgan fingerprint density at radius 2 is 1.38 bits per heavy atom. The number of carboxylic acids is 1. The van der Waals surface area contributed by atoms with Crippen molar-refractivity contribution < 1.29 is 14.7 Å². The number of ketones is 1. The van der Waals surface area contributed by atoms with Crippen molar-refractivity contribution in [2.24, 2.45) is 0 Å². The summed E-state index contributed by atoms with van der Waals surface area (Å²) < 4.78 is 0. The highest BCUT2D eigenvalue weighted by molar-refractivity contribution is 5.89. The molecular formula is C18H32O3. The van der Waals surface area contributed by atoms with Crippen molar-refractivity contribution in [3.63, 3.8) is 0 Å². The minimum Gasteiger partial charge on any atom is -0.481 e. The summed E-state index contributed by atoms with van der Waals surface area (Å²) in [7, 11) is 0. The standard InChI is InChI=1S/C18H32O3/c1-2-3-4-5-6-8-11-14-17(19)15-12-9-7-10-13-16-18(20)21/h12,15H,2-11,13-14,16H2,1H3,(H,20,21). The first kappa shape index (κ1) is 19.9. The first-order valence-corrected chi connectivity index (χ1v) is 8.58. The molecule has 3 heteroatoms. The first-order chi connectivity index (χ1) is 10.2. The number of carbonyl (C=O) groups is 2. The zero-order chi connectivity index (χ0) is 15.8. The third kappa shape index (κ3) is 16.8. The van der Waals surface area contributed by atoms with Crippen LogP contribution in [0.15, 0.2) is 12.2 Å². The van der Waals surface area contributed by atoms with Crippen LogP contribution in [-0.2, 0) is 9.59 Å². The second kappa shape index (κ2) is 15.3. The topological polar surface area (TPSA) is 54.4 Å². The smallest absolute Gasteiger partial charge is 0.303 e. The van der Waals surface area contributed by atoms with Gasteiger partial charge in [-0.05, 0) is 31.8 Å². The molecule has 0 rings (SSSR count). The molecule has 0 unspecified atom stereocenters. The van der Waals surface area contributed by atoms with Crippen molar-refractivity contribution in [2.75, 3.05) is 0 Å². The molecule has 0 heterocycles. The Morgan fingerprint density at radius 1 is 0.810 bits per heavy atom. The highest BCUT2D eigenvalue weighted by Gasteiger charge is 1.98. The molecule has 0 aliphatic carbocycles. The number of hydrogen-bond donors (Lipinski definition) is 1. The van der Waals surface area contributed by atoms with Crippen LogP contribution in [-0.4, -0.2) is 16.9 Å². The summed E-state index contributed by atoms with van der Waals surface area (Å²) >= 11 is 0. The zero-order valence-corrected chi connectivity index (χ0v) is 13.6. The summed E-state index contributed by atoms with van der Waals surface area (Å²) in [5.41, 5.74) is 0.